The second kappa shape index (κ2) is 7.59. The van der Waals surface area contributed by atoms with E-state index in [0.29, 0.717) is 27.7 Å². The number of aryl methyl sites for hydroxylation is 2. The fourth-order valence-electron chi connectivity index (χ4n) is 3.54. The Balaban J connectivity index is 1.40. The SMILES string of the molecule is Cn1c(SCc2nnc(-c3ccc(Cl)cc3)o2)nc2sc3c(c2c1=O)CCCC3. The van der Waals surface area contributed by atoms with Crippen LogP contribution < -0.4 is 5.56 Å². The Hall–Kier alpha value is -2.16. The number of thiophene rings is 1. The molecule has 4 aromatic rings. The van der Waals surface area contributed by atoms with Gasteiger partial charge in [-0.15, -0.1) is 21.5 Å². The fourth-order valence-corrected chi connectivity index (χ4v) is 5.78. The molecule has 5 rings (SSSR count). The molecule has 0 radical (unpaired) electrons. The molecular weight excluding hydrogens is 428 g/mol. The molecule has 9 heteroatoms. The van der Waals surface area contributed by atoms with Crippen molar-refractivity contribution in [1.82, 2.24) is 19.7 Å². The van der Waals surface area contributed by atoms with Crippen molar-refractivity contribution in [3.05, 3.63) is 56.0 Å². The van der Waals surface area contributed by atoms with Gasteiger partial charge in [0.2, 0.25) is 11.8 Å². The predicted octanol–water partition coefficient (Wildman–Crippen LogP) is 4.87. The first-order chi connectivity index (χ1) is 14.1. The van der Waals surface area contributed by atoms with Crippen LogP contribution in [-0.2, 0) is 25.6 Å². The Morgan fingerprint density at radius 1 is 1.21 bits per heavy atom. The van der Waals surface area contributed by atoms with E-state index in [4.69, 9.17) is 21.0 Å². The van der Waals surface area contributed by atoms with Gasteiger partial charge in [-0.25, -0.2) is 4.98 Å². The normalized spacial score (nSPS) is 13.7. The zero-order chi connectivity index (χ0) is 20.0. The lowest BCUT2D eigenvalue weighted by Gasteiger charge is -2.10. The van der Waals surface area contributed by atoms with Crippen molar-refractivity contribution < 1.29 is 4.42 Å². The smallest absolute Gasteiger partial charge is 0.262 e. The maximum Gasteiger partial charge on any atom is 0.262 e. The van der Waals surface area contributed by atoms with Crippen molar-refractivity contribution in [1.29, 1.82) is 0 Å². The Morgan fingerprint density at radius 3 is 2.83 bits per heavy atom. The number of benzene rings is 1. The highest BCUT2D eigenvalue weighted by atomic mass is 35.5. The minimum absolute atomic E-state index is 0.0317. The van der Waals surface area contributed by atoms with E-state index in [9.17, 15) is 4.79 Å². The van der Waals surface area contributed by atoms with Crippen molar-refractivity contribution >= 4 is 44.9 Å². The minimum Gasteiger partial charge on any atom is -0.420 e. The average molecular weight is 445 g/mol. The van der Waals surface area contributed by atoms with Gasteiger partial charge in [-0.3, -0.25) is 9.36 Å². The van der Waals surface area contributed by atoms with Crippen molar-refractivity contribution in [2.24, 2.45) is 7.05 Å². The van der Waals surface area contributed by atoms with E-state index in [0.717, 1.165) is 35.0 Å². The first-order valence-electron chi connectivity index (χ1n) is 9.32. The zero-order valence-corrected chi connectivity index (χ0v) is 18.0. The van der Waals surface area contributed by atoms with E-state index in [1.54, 1.807) is 35.1 Å². The van der Waals surface area contributed by atoms with E-state index >= 15 is 0 Å². The number of thioether (sulfide) groups is 1. The highest BCUT2D eigenvalue weighted by Crippen LogP contribution is 2.35. The molecule has 0 N–H and O–H groups in total. The van der Waals surface area contributed by atoms with Crippen molar-refractivity contribution in [2.45, 2.75) is 36.6 Å². The van der Waals surface area contributed by atoms with Gasteiger partial charge in [0.05, 0.1) is 11.1 Å². The van der Waals surface area contributed by atoms with Gasteiger partial charge in [0.25, 0.3) is 5.56 Å². The number of hydrogen-bond acceptors (Lipinski definition) is 7. The number of fused-ring (bicyclic) bond motifs is 3. The van der Waals surface area contributed by atoms with E-state index in [2.05, 4.69) is 10.2 Å². The van der Waals surface area contributed by atoms with Crippen LogP contribution >= 0.6 is 34.7 Å². The van der Waals surface area contributed by atoms with Gasteiger partial charge >= 0.3 is 0 Å². The molecule has 1 aliphatic carbocycles. The maximum absolute atomic E-state index is 13.0. The number of nitrogens with zero attached hydrogens (tertiary/aromatic N) is 4. The second-order valence-corrected chi connectivity index (χ2v) is 9.41. The fraction of sp³-hybridized carbons (Fsp3) is 0.300. The zero-order valence-electron chi connectivity index (χ0n) is 15.6. The van der Waals surface area contributed by atoms with E-state index in [-0.39, 0.29) is 5.56 Å². The van der Waals surface area contributed by atoms with Crippen LogP contribution in [0.2, 0.25) is 5.02 Å². The average Bonchev–Trinajstić information content (AvgIpc) is 3.34. The lowest BCUT2D eigenvalue weighted by atomic mass is 9.97. The third-order valence-corrected chi connectivity index (χ3v) is 7.49. The van der Waals surface area contributed by atoms with Crippen LogP contribution in [-0.4, -0.2) is 19.7 Å². The standard InChI is InChI=1S/C20H17ClN4O2S2/c1-25-19(26)16-13-4-2-3-5-14(13)29-18(16)22-20(25)28-10-15-23-24-17(27-15)11-6-8-12(21)9-7-11/h6-9H,2-5,10H2,1H3. The third kappa shape index (κ3) is 3.49. The number of aromatic nitrogens is 4. The first-order valence-corrected chi connectivity index (χ1v) is 11.5. The summed E-state index contributed by atoms with van der Waals surface area (Å²) in [5.74, 6) is 1.37. The monoisotopic (exact) mass is 444 g/mol. The summed E-state index contributed by atoms with van der Waals surface area (Å²) in [4.78, 5) is 19.9. The molecule has 0 unspecified atom stereocenters. The van der Waals surface area contributed by atoms with Crippen LogP contribution in [0.15, 0.2) is 38.6 Å². The van der Waals surface area contributed by atoms with Crippen LogP contribution in [0.5, 0.6) is 0 Å². The van der Waals surface area contributed by atoms with Crippen LogP contribution in [0.4, 0.5) is 0 Å². The summed E-state index contributed by atoms with van der Waals surface area (Å²) in [6.45, 7) is 0. The molecule has 6 nitrogen and oxygen atoms in total. The van der Waals surface area contributed by atoms with E-state index < -0.39 is 0 Å². The molecule has 0 aliphatic heterocycles. The molecule has 0 fully saturated rings. The maximum atomic E-state index is 13.0. The molecular formula is C20H17ClN4O2S2. The van der Waals surface area contributed by atoms with Crippen LogP contribution in [0.25, 0.3) is 21.7 Å². The lowest BCUT2D eigenvalue weighted by molar-refractivity contribution is 0.528. The molecule has 29 heavy (non-hydrogen) atoms. The Kier molecular flexibility index (Phi) is 4.93. The highest BCUT2D eigenvalue weighted by Gasteiger charge is 2.21. The predicted molar refractivity (Wildman–Crippen MR) is 116 cm³/mol. The topological polar surface area (TPSA) is 73.8 Å². The van der Waals surface area contributed by atoms with Crippen molar-refractivity contribution in [3.8, 4) is 11.5 Å². The largest absolute Gasteiger partial charge is 0.420 e. The Bertz CT molecular complexity index is 1260. The molecule has 0 saturated carbocycles. The molecule has 0 bridgehead atoms. The van der Waals surface area contributed by atoms with E-state index in [1.165, 1.54) is 28.6 Å². The summed E-state index contributed by atoms with van der Waals surface area (Å²) in [5.41, 5.74) is 2.06. The molecule has 1 aliphatic rings. The quantitative estimate of drug-likeness (QED) is 0.330. The third-order valence-electron chi connectivity index (χ3n) is 5.04. The molecule has 1 aromatic carbocycles. The molecule has 0 amide bonds. The molecule has 3 heterocycles. The van der Waals surface area contributed by atoms with Gasteiger partial charge in [0, 0.05) is 22.5 Å². The van der Waals surface area contributed by atoms with Crippen LogP contribution in [0, 0.1) is 0 Å². The highest BCUT2D eigenvalue weighted by molar-refractivity contribution is 7.98. The molecule has 0 atom stereocenters. The van der Waals surface area contributed by atoms with Crippen molar-refractivity contribution in [2.75, 3.05) is 0 Å². The molecule has 0 saturated heterocycles. The number of halogens is 1. The molecule has 0 spiro atoms. The lowest BCUT2D eigenvalue weighted by Crippen LogP contribution is -2.20. The van der Waals surface area contributed by atoms with Gasteiger partial charge < -0.3 is 4.42 Å². The van der Waals surface area contributed by atoms with Gasteiger partial charge in [-0.2, -0.15) is 0 Å². The van der Waals surface area contributed by atoms with E-state index in [1.807, 2.05) is 12.1 Å². The van der Waals surface area contributed by atoms with Gasteiger partial charge in [-0.05, 0) is 55.5 Å². The van der Waals surface area contributed by atoms with Gasteiger partial charge in [-0.1, -0.05) is 23.4 Å². The Labute approximate surface area is 179 Å². The van der Waals surface area contributed by atoms with Crippen molar-refractivity contribution in [3.63, 3.8) is 0 Å². The summed E-state index contributed by atoms with van der Waals surface area (Å²) in [6, 6.07) is 7.24. The van der Waals surface area contributed by atoms with Gasteiger partial charge in [0.15, 0.2) is 5.16 Å². The summed E-state index contributed by atoms with van der Waals surface area (Å²) in [7, 11) is 1.77. The van der Waals surface area contributed by atoms with Crippen LogP contribution in [0.3, 0.4) is 0 Å². The minimum atomic E-state index is 0.0317. The number of hydrogen-bond donors (Lipinski definition) is 0. The molecule has 3 aromatic heterocycles. The first kappa shape index (κ1) is 18.8. The summed E-state index contributed by atoms with van der Waals surface area (Å²) < 4.78 is 7.39. The summed E-state index contributed by atoms with van der Waals surface area (Å²) in [6.07, 6.45) is 4.37. The summed E-state index contributed by atoms with van der Waals surface area (Å²) >= 11 is 9.01. The Morgan fingerprint density at radius 2 is 2.00 bits per heavy atom. The number of rotatable bonds is 4. The summed E-state index contributed by atoms with van der Waals surface area (Å²) in [5, 5.41) is 10.3. The van der Waals surface area contributed by atoms with Crippen LogP contribution in [0.1, 0.15) is 29.2 Å². The van der Waals surface area contributed by atoms with Gasteiger partial charge in [0.1, 0.15) is 4.83 Å². The second-order valence-electron chi connectivity index (χ2n) is 6.95. The molecule has 148 valence electrons.